The van der Waals surface area contributed by atoms with E-state index < -0.39 is 0 Å². The third kappa shape index (κ3) is 2.28. The van der Waals surface area contributed by atoms with E-state index >= 15 is 0 Å². The molecule has 0 saturated carbocycles. The molecule has 0 radical (unpaired) electrons. The molecule has 0 aliphatic heterocycles. The summed E-state index contributed by atoms with van der Waals surface area (Å²) in [5.74, 6) is 0. The molecule has 82 valence electrons. The smallest absolute Gasteiger partial charge is 0.0414 e. The van der Waals surface area contributed by atoms with Crippen molar-refractivity contribution >= 4 is 11.6 Å². The van der Waals surface area contributed by atoms with Crippen molar-refractivity contribution in [2.24, 2.45) is 0 Å². The molecule has 0 fully saturated rings. The van der Waals surface area contributed by atoms with Crippen LogP contribution in [0.5, 0.6) is 0 Å². The third-order valence-corrected chi connectivity index (χ3v) is 3.10. The molecule has 0 heterocycles. The Balaban J connectivity index is 2.54. The fraction of sp³-hybridized carbons (Fsp3) is 0.200. The number of rotatable bonds is 1. The molecule has 2 aromatic carbocycles. The first-order valence-electron chi connectivity index (χ1n) is 5.41. The molecule has 0 N–H and O–H groups in total. The molecule has 2 rings (SSSR count). The van der Waals surface area contributed by atoms with E-state index in [1.165, 1.54) is 27.8 Å². The highest BCUT2D eigenvalue weighted by Crippen LogP contribution is 2.26. The Morgan fingerprint density at radius 1 is 0.750 bits per heavy atom. The van der Waals surface area contributed by atoms with E-state index in [-0.39, 0.29) is 0 Å². The van der Waals surface area contributed by atoms with Crippen molar-refractivity contribution < 1.29 is 0 Å². The highest BCUT2D eigenvalue weighted by atomic mass is 35.5. The van der Waals surface area contributed by atoms with Crippen LogP contribution in [-0.2, 0) is 0 Å². The summed E-state index contributed by atoms with van der Waals surface area (Å²) in [6.45, 7) is 6.33. The average molecular weight is 231 g/mol. The minimum atomic E-state index is 0.799. The maximum Gasteiger partial charge on any atom is 0.0414 e. The normalized spacial score (nSPS) is 10.5. The summed E-state index contributed by atoms with van der Waals surface area (Å²) in [4.78, 5) is 0. The Bertz CT molecular complexity index is 507. The molecule has 0 saturated heterocycles. The Morgan fingerprint density at radius 2 is 1.50 bits per heavy atom. The zero-order chi connectivity index (χ0) is 11.7. The van der Waals surface area contributed by atoms with Crippen LogP contribution in [-0.4, -0.2) is 0 Å². The number of hydrogen-bond acceptors (Lipinski definition) is 0. The van der Waals surface area contributed by atoms with Gasteiger partial charge in [0.05, 0.1) is 0 Å². The van der Waals surface area contributed by atoms with Gasteiger partial charge in [0, 0.05) is 5.02 Å². The average Bonchev–Trinajstić information content (AvgIpc) is 2.20. The van der Waals surface area contributed by atoms with Gasteiger partial charge in [-0.05, 0) is 60.7 Å². The Morgan fingerprint density at radius 3 is 2.12 bits per heavy atom. The van der Waals surface area contributed by atoms with E-state index in [0.29, 0.717) is 0 Å². The van der Waals surface area contributed by atoms with Crippen LogP contribution in [0.1, 0.15) is 16.7 Å². The lowest BCUT2D eigenvalue weighted by molar-refractivity contribution is 1.34. The molecule has 0 bridgehead atoms. The van der Waals surface area contributed by atoms with Crippen molar-refractivity contribution in [1.29, 1.82) is 0 Å². The second-order valence-corrected chi connectivity index (χ2v) is 4.75. The van der Waals surface area contributed by atoms with Crippen LogP contribution in [0.15, 0.2) is 36.4 Å². The summed E-state index contributed by atoms with van der Waals surface area (Å²) >= 11 is 6.07. The molecule has 1 heteroatoms. The second kappa shape index (κ2) is 4.31. The van der Waals surface area contributed by atoms with Crippen LogP contribution >= 0.6 is 11.6 Å². The predicted molar refractivity (Wildman–Crippen MR) is 71.1 cm³/mol. The van der Waals surface area contributed by atoms with Crippen LogP contribution in [0.2, 0.25) is 5.02 Å². The van der Waals surface area contributed by atoms with Gasteiger partial charge in [-0.3, -0.25) is 0 Å². The summed E-state index contributed by atoms with van der Waals surface area (Å²) < 4.78 is 0. The van der Waals surface area contributed by atoms with Gasteiger partial charge in [-0.15, -0.1) is 0 Å². The van der Waals surface area contributed by atoms with Crippen LogP contribution in [0.25, 0.3) is 11.1 Å². The van der Waals surface area contributed by atoms with E-state index in [9.17, 15) is 0 Å². The zero-order valence-corrected chi connectivity index (χ0v) is 10.6. The summed E-state index contributed by atoms with van der Waals surface area (Å²) in [6.07, 6.45) is 0. The number of aryl methyl sites for hydroxylation is 3. The molecule has 0 aliphatic carbocycles. The van der Waals surface area contributed by atoms with Gasteiger partial charge in [-0.1, -0.05) is 35.9 Å². The monoisotopic (exact) mass is 230 g/mol. The fourth-order valence-electron chi connectivity index (χ4n) is 1.82. The van der Waals surface area contributed by atoms with Gasteiger partial charge >= 0.3 is 0 Å². The lowest BCUT2D eigenvalue weighted by Gasteiger charge is -2.07. The Labute approximate surface area is 102 Å². The molecule has 0 aromatic heterocycles. The first-order chi connectivity index (χ1) is 7.56. The third-order valence-electron chi connectivity index (χ3n) is 2.88. The van der Waals surface area contributed by atoms with Crippen LogP contribution in [0.4, 0.5) is 0 Å². The standard InChI is InChI=1S/C15H15Cl/c1-10-6-14(9-15(16)7-10)13-5-4-11(2)12(3)8-13/h4-9H,1-3H3. The largest absolute Gasteiger partial charge is 0.0843 e. The maximum absolute atomic E-state index is 6.07. The topological polar surface area (TPSA) is 0 Å². The maximum atomic E-state index is 6.07. The molecule has 0 spiro atoms. The second-order valence-electron chi connectivity index (χ2n) is 4.32. The summed E-state index contributed by atoms with van der Waals surface area (Å²) in [5.41, 5.74) is 6.25. The van der Waals surface area contributed by atoms with Crippen LogP contribution in [0.3, 0.4) is 0 Å². The molecule has 0 nitrogen and oxygen atoms in total. The van der Waals surface area contributed by atoms with Gasteiger partial charge in [-0.2, -0.15) is 0 Å². The summed E-state index contributed by atoms with van der Waals surface area (Å²) in [5, 5.41) is 0.799. The van der Waals surface area contributed by atoms with Gasteiger partial charge in [0.2, 0.25) is 0 Å². The SMILES string of the molecule is Cc1cc(Cl)cc(-c2ccc(C)c(C)c2)c1. The summed E-state index contributed by atoms with van der Waals surface area (Å²) in [7, 11) is 0. The number of halogens is 1. The highest BCUT2D eigenvalue weighted by Gasteiger charge is 2.01. The summed E-state index contributed by atoms with van der Waals surface area (Å²) in [6, 6.07) is 12.7. The Hall–Kier alpha value is -1.27. The minimum absolute atomic E-state index is 0.799. The van der Waals surface area contributed by atoms with E-state index in [0.717, 1.165) is 5.02 Å². The lowest BCUT2D eigenvalue weighted by Crippen LogP contribution is -1.84. The molecule has 16 heavy (non-hydrogen) atoms. The van der Waals surface area contributed by atoms with Crippen molar-refractivity contribution in [3.8, 4) is 11.1 Å². The fourth-order valence-corrected chi connectivity index (χ4v) is 2.11. The zero-order valence-electron chi connectivity index (χ0n) is 9.84. The van der Waals surface area contributed by atoms with Crippen LogP contribution < -0.4 is 0 Å². The van der Waals surface area contributed by atoms with Crippen molar-refractivity contribution in [3.63, 3.8) is 0 Å². The van der Waals surface area contributed by atoms with E-state index in [4.69, 9.17) is 11.6 Å². The van der Waals surface area contributed by atoms with Crippen molar-refractivity contribution in [1.82, 2.24) is 0 Å². The van der Waals surface area contributed by atoms with Gasteiger partial charge in [0.15, 0.2) is 0 Å². The molecule has 0 aliphatic rings. The quantitative estimate of drug-likeness (QED) is 0.652. The molecule has 0 amide bonds. The van der Waals surface area contributed by atoms with Gasteiger partial charge in [-0.25, -0.2) is 0 Å². The van der Waals surface area contributed by atoms with E-state index in [1.54, 1.807) is 0 Å². The van der Waals surface area contributed by atoms with Gasteiger partial charge in [0.1, 0.15) is 0 Å². The first kappa shape index (κ1) is 11.2. The molecule has 0 atom stereocenters. The minimum Gasteiger partial charge on any atom is -0.0843 e. The lowest BCUT2D eigenvalue weighted by atomic mass is 9.99. The van der Waals surface area contributed by atoms with Crippen molar-refractivity contribution in [3.05, 3.63) is 58.1 Å². The molecule has 2 aromatic rings. The van der Waals surface area contributed by atoms with Gasteiger partial charge < -0.3 is 0 Å². The van der Waals surface area contributed by atoms with Gasteiger partial charge in [0.25, 0.3) is 0 Å². The van der Waals surface area contributed by atoms with E-state index in [1.807, 2.05) is 12.1 Å². The predicted octanol–water partition coefficient (Wildman–Crippen LogP) is 4.93. The highest BCUT2D eigenvalue weighted by molar-refractivity contribution is 6.30. The van der Waals surface area contributed by atoms with Crippen LogP contribution in [0, 0.1) is 20.8 Å². The number of hydrogen-bond donors (Lipinski definition) is 0. The molecule has 0 unspecified atom stereocenters. The molecular weight excluding hydrogens is 216 g/mol. The number of benzene rings is 2. The molecular formula is C15H15Cl. The Kier molecular flexibility index (Phi) is 3.02. The van der Waals surface area contributed by atoms with E-state index in [2.05, 4.69) is 45.0 Å². The van der Waals surface area contributed by atoms with Crippen molar-refractivity contribution in [2.75, 3.05) is 0 Å². The first-order valence-corrected chi connectivity index (χ1v) is 5.79. The van der Waals surface area contributed by atoms with Crippen molar-refractivity contribution in [2.45, 2.75) is 20.8 Å².